The molecule has 70 valence electrons. The minimum Gasteiger partial charge on any atom is -0.385 e. The Morgan fingerprint density at radius 3 is 3.17 bits per heavy atom. The summed E-state index contributed by atoms with van der Waals surface area (Å²) in [6.45, 7) is 2.86. The van der Waals surface area contributed by atoms with E-state index in [9.17, 15) is 0 Å². The van der Waals surface area contributed by atoms with Gasteiger partial charge in [-0.3, -0.25) is 4.99 Å². The SMILES string of the molecule is COCCCCNC1=NCCS1. The number of nitrogens with zero attached hydrogens (tertiary/aromatic N) is 1. The third-order valence-electron chi connectivity index (χ3n) is 1.64. The fourth-order valence-corrected chi connectivity index (χ4v) is 1.77. The van der Waals surface area contributed by atoms with Crippen molar-refractivity contribution in [2.24, 2.45) is 4.99 Å². The molecule has 0 bridgehead atoms. The molecule has 0 atom stereocenters. The van der Waals surface area contributed by atoms with Crippen molar-refractivity contribution in [2.45, 2.75) is 12.8 Å². The average molecular weight is 188 g/mol. The van der Waals surface area contributed by atoms with Gasteiger partial charge < -0.3 is 10.1 Å². The van der Waals surface area contributed by atoms with Crippen LogP contribution >= 0.6 is 11.8 Å². The number of methoxy groups -OCH3 is 1. The van der Waals surface area contributed by atoms with E-state index in [-0.39, 0.29) is 0 Å². The second-order valence-corrected chi connectivity index (χ2v) is 3.75. The normalized spacial score (nSPS) is 16.2. The molecular formula is C8H16N2OS. The highest BCUT2D eigenvalue weighted by atomic mass is 32.2. The van der Waals surface area contributed by atoms with Gasteiger partial charge in [-0.2, -0.15) is 0 Å². The molecule has 4 heteroatoms. The standard InChI is InChI=1S/C8H16N2OS/c1-11-6-3-2-4-9-8-10-5-7-12-8/h2-7H2,1H3,(H,9,10). The Morgan fingerprint density at radius 2 is 2.50 bits per heavy atom. The van der Waals surface area contributed by atoms with Crippen LogP contribution in [0.4, 0.5) is 0 Å². The first-order valence-electron chi connectivity index (χ1n) is 4.33. The lowest BCUT2D eigenvalue weighted by molar-refractivity contribution is 0.193. The van der Waals surface area contributed by atoms with E-state index in [2.05, 4.69) is 10.3 Å². The van der Waals surface area contributed by atoms with Crippen LogP contribution in [-0.4, -0.2) is 37.7 Å². The van der Waals surface area contributed by atoms with Crippen LogP contribution in [0.2, 0.25) is 0 Å². The van der Waals surface area contributed by atoms with E-state index in [0.29, 0.717) is 0 Å². The van der Waals surface area contributed by atoms with Crippen molar-refractivity contribution in [3.63, 3.8) is 0 Å². The highest BCUT2D eigenvalue weighted by Crippen LogP contribution is 2.08. The molecule has 0 aromatic carbocycles. The molecule has 0 radical (unpaired) electrons. The molecule has 12 heavy (non-hydrogen) atoms. The number of unbranched alkanes of at least 4 members (excludes halogenated alkanes) is 1. The highest BCUT2D eigenvalue weighted by Gasteiger charge is 2.04. The first-order valence-corrected chi connectivity index (χ1v) is 5.32. The summed E-state index contributed by atoms with van der Waals surface area (Å²) in [5, 5.41) is 4.42. The largest absolute Gasteiger partial charge is 0.385 e. The third kappa shape index (κ3) is 3.97. The van der Waals surface area contributed by atoms with Crippen molar-refractivity contribution in [2.75, 3.05) is 32.6 Å². The van der Waals surface area contributed by atoms with E-state index in [0.717, 1.165) is 43.5 Å². The quantitative estimate of drug-likeness (QED) is 0.656. The van der Waals surface area contributed by atoms with Gasteiger partial charge in [-0.25, -0.2) is 0 Å². The minimum absolute atomic E-state index is 0.862. The smallest absolute Gasteiger partial charge is 0.156 e. The summed E-state index contributed by atoms with van der Waals surface area (Å²) < 4.78 is 4.95. The maximum atomic E-state index is 4.95. The molecule has 3 nitrogen and oxygen atoms in total. The zero-order chi connectivity index (χ0) is 8.65. The molecule has 0 saturated carbocycles. The topological polar surface area (TPSA) is 33.6 Å². The Bertz CT molecular complexity index is 150. The molecule has 0 aliphatic carbocycles. The Labute approximate surface area is 78.0 Å². The number of rotatable bonds is 5. The summed E-state index contributed by atoms with van der Waals surface area (Å²) >= 11 is 1.81. The summed E-state index contributed by atoms with van der Waals surface area (Å²) in [5.74, 6) is 1.14. The lowest BCUT2D eigenvalue weighted by Gasteiger charge is -2.03. The lowest BCUT2D eigenvalue weighted by atomic mass is 10.3. The van der Waals surface area contributed by atoms with Gasteiger partial charge in [0.05, 0.1) is 6.54 Å². The van der Waals surface area contributed by atoms with Crippen LogP contribution in [-0.2, 0) is 4.74 Å². The maximum absolute atomic E-state index is 4.95. The molecule has 1 aliphatic heterocycles. The van der Waals surface area contributed by atoms with Gasteiger partial charge in [-0.1, -0.05) is 11.8 Å². The Balaban J connectivity index is 1.88. The fourth-order valence-electron chi connectivity index (χ4n) is 1.01. The summed E-state index contributed by atoms with van der Waals surface area (Å²) in [4.78, 5) is 4.29. The number of nitrogens with one attached hydrogen (secondary N) is 1. The molecule has 0 aromatic rings. The van der Waals surface area contributed by atoms with Crippen LogP contribution in [0.25, 0.3) is 0 Å². The van der Waals surface area contributed by atoms with Gasteiger partial charge in [0, 0.05) is 26.0 Å². The number of thioether (sulfide) groups is 1. The first kappa shape index (κ1) is 9.86. The second-order valence-electron chi connectivity index (χ2n) is 2.66. The Morgan fingerprint density at radius 1 is 1.58 bits per heavy atom. The third-order valence-corrected chi connectivity index (χ3v) is 2.57. The molecule has 0 fully saturated rings. The zero-order valence-corrected chi connectivity index (χ0v) is 8.32. The number of amidine groups is 1. The van der Waals surface area contributed by atoms with Gasteiger partial charge in [0.15, 0.2) is 5.17 Å². The number of hydrogen-bond acceptors (Lipinski definition) is 4. The molecular weight excluding hydrogens is 172 g/mol. The second kappa shape index (κ2) is 6.31. The number of ether oxygens (including phenoxy) is 1. The number of aliphatic imine (C=N–C) groups is 1. The van der Waals surface area contributed by atoms with Crippen molar-refractivity contribution in [3.05, 3.63) is 0 Å². The van der Waals surface area contributed by atoms with E-state index < -0.39 is 0 Å². The van der Waals surface area contributed by atoms with E-state index in [1.807, 2.05) is 11.8 Å². The van der Waals surface area contributed by atoms with E-state index >= 15 is 0 Å². The van der Waals surface area contributed by atoms with Gasteiger partial charge >= 0.3 is 0 Å². The Kier molecular flexibility index (Phi) is 5.19. The maximum Gasteiger partial charge on any atom is 0.156 e. The molecule has 1 N–H and O–H groups in total. The first-order chi connectivity index (χ1) is 5.93. The molecule has 0 unspecified atom stereocenters. The van der Waals surface area contributed by atoms with Crippen LogP contribution in [0.1, 0.15) is 12.8 Å². The molecule has 1 rings (SSSR count). The summed E-state index contributed by atoms with van der Waals surface area (Å²) in [6.07, 6.45) is 2.29. The van der Waals surface area contributed by atoms with Gasteiger partial charge in [-0.15, -0.1) is 0 Å². The number of hydrogen-bond donors (Lipinski definition) is 1. The summed E-state index contributed by atoms with van der Waals surface area (Å²) in [5.41, 5.74) is 0. The van der Waals surface area contributed by atoms with Gasteiger partial charge in [0.25, 0.3) is 0 Å². The highest BCUT2D eigenvalue weighted by molar-refractivity contribution is 8.14. The van der Waals surface area contributed by atoms with Crippen LogP contribution in [0.15, 0.2) is 4.99 Å². The van der Waals surface area contributed by atoms with Gasteiger partial charge in [0.1, 0.15) is 0 Å². The zero-order valence-electron chi connectivity index (χ0n) is 7.51. The van der Waals surface area contributed by atoms with Crippen molar-refractivity contribution >= 4 is 16.9 Å². The predicted molar refractivity (Wildman–Crippen MR) is 53.9 cm³/mol. The monoisotopic (exact) mass is 188 g/mol. The fraction of sp³-hybridized carbons (Fsp3) is 0.875. The summed E-state index contributed by atoms with van der Waals surface area (Å²) in [7, 11) is 1.74. The van der Waals surface area contributed by atoms with Crippen molar-refractivity contribution in [1.82, 2.24) is 5.32 Å². The van der Waals surface area contributed by atoms with Crippen LogP contribution in [0.5, 0.6) is 0 Å². The van der Waals surface area contributed by atoms with E-state index in [1.54, 1.807) is 7.11 Å². The molecule has 0 saturated heterocycles. The minimum atomic E-state index is 0.862. The van der Waals surface area contributed by atoms with Crippen LogP contribution in [0.3, 0.4) is 0 Å². The lowest BCUT2D eigenvalue weighted by Crippen LogP contribution is -2.20. The predicted octanol–water partition coefficient (Wildman–Crippen LogP) is 1.11. The van der Waals surface area contributed by atoms with E-state index in [4.69, 9.17) is 4.74 Å². The van der Waals surface area contributed by atoms with E-state index in [1.165, 1.54) is 0 Å². The molecule has 0 spiro atoms. The van der Waals surface area contributed by atoms with Crippen LogP contribution < -0.4 is 5.32 Å². The molecule has 1 aliphatic rings. The van der Waals surface area contributed by atoms with Crippen molar-refractivity contribution in [1.29, 1.82) is 0 Å². The van der Waals surface area contributed by atoms with Gasteiger partial charge in [-0.05, 0) is 12.8 Å². The van der Waals surface area contributed by atoms with Gasteiger partial charge in [0.2, 0.25) is 0 Å². The molecule has 0 amide bonds. The van der Waals surface area contributed by atoms with Crippen LogP contribution in [0, 0.1) is 0 Å². The van der Waals surface area contributed by atoms with Crippen molar-refractivity contribution < 1.29 is 4.74 Å². The molecule has 1 heterocycles. The Hall–Kier alpha value is -0.220. The average Bonchev–Trinajstić information content (AvgIpc) is 2.57. The van der Waals surface area contributed by atoms with Crippen molar-refractivity contribution in [3.8, 4) is 0 Å². The molecule has 0 aromatic heterocycles. The summed E-state index contributed by atoms with van der Waals surface area (Å²) in [6, 6.07) is 0.